The van der Waals surface area contributed by atoms with Crippen molar-refractivity contribution in [2.45, 2.75) is 33.7 Å². The molecule has 0 aliphatic heterocycles. The predicted octanol–water partition coefficient (Wildman–Crippen LogP) is 4.44. The van der Waals surface area contributed by atoms with Gasteiger partial charge in [-0.05, 0) is 43.0 Å². The molecule has 18 heavy (non-hydrogen) atoms. The van der Waals surface area contributed by atoms with Gasteiger partial charge in [-0.15, -0.1) is 0 Å². The van der Waals surface area contributed by atoms with Gasteiger partial charge < -0.3 is 4.57 Å². The normalized spacial score (nSPS) is 10.6. The molecular formula is C17H21N. The number of aryl methyl sites for hydroxylation is 2. The highest BCUT2D eigenvalue weighted by Crippen LogP contribution is 2.24. The second-order valence-electron chi connectivity index (χ2n) is 4.87. The molecule has 0 unspecified atom stereocenters. The number of aromatic nitrogens is 1. The monoisotopic (exact) mass is 239 g/mol. The lowest BCUT2D eigenvalue weighted by molar-refractivity contribution is 0.762. The lowest BCUT2D eigenvalue weighted by atomic mass is 10.1. The van der Waals surface area contributed by atoms with Crippen LogP contribution >= 0.6 is 0 Å². The number of hydrogen-bond acceptors (Lipinski definition) is 0. The van der Waals surface area contributed by atoms with Crippen LogP contribution in [0.15, 0.2) is 43.0 Å². The molecule has 0 radical (unpaired) electrons. The maximum atomic E-state index is 4.13. The summed E-state index contributed by atoms with van der Waals surface area (Å²) in [5.41, 5.74) is 6.50. The van der Waals surface area contributed by atoms with E-state index in [1.54, 1.807) is 0 Å². The van der Waals surface area contributed by atoms with Gasteiger partial charge in [0.05, 0.1) is 0 Å². The molecule has 0 aliphatic rings. The zero-order valence-corrected chi connectivity index (χ0v) is 11.5. The summed E-state index contributed by atoms with van der Waals surface area (Å²) in [5.74, 6) is 0. The van der Waals surface area contributed by atoms with E-state index in [4.69, 9.17) is 0 Å². The molecule has 1 heteroatoms. The van der Waals surface area contributed by atoms with Crippen molar-refractivity contribution in [1.29, 1.82) is 0 Å². The molecular weight excluding hydrogens is 218 g/mol. The summed E-state index contributed by atoms with van der Waals surface area (Å²) < 4.78 is 2.37. The average molecular weight is 239 g/mol. The SMILES string of the molecule is C=C(C)c1c(CC)cc(C)n1Cc1ccccc1. The average Bonchev–Trinajstić information content (AvgIpc) is 2.67. The molecule has 1 aromatic heterocycles. The van der Waals surface area contributed by atoms with Gasteiger partial charge in [0.1, 0.15) is 0 Å². The van der Waals surface area contributed by atoms with Crippen LogP contribution in [0.25, 0.3) is 5.57 Å². The quantitative estimate of drug-likeness (QED) is 0.743. The smallest absolute Gasteiger partial charge is 0.0478 e. The van der Waals surface area contributed by atoms with Crippen LogP contribution in [0.3, 0.4) is 0 Å². The Hall–Kier alpha value is -1.76. The van der Waals surface area contributed by atoms with Crippen LogP contribution in [0.2, 0.25) is 0 Å². The van der Waals surface area contributed by atoms with E-state index < -0.39 is 0 Å². The summed E-state index contributed by atoms with van der Waals surface area (Å²) in [6.45, 7) is 11.5. The van der Waals surface area contributed by atoms with Crippen molar-refractivity contribution in [3.8, 4) is 0 Å². The molecule has 0 atom stereocenters. The molecule has 94 valence electrons. The maximum absolute atomic E-state index is 4.13. The molecule has 0 N–H and O–H groups in total. The summed E-state index contributed by atoms with van der Waals surface area (Å²) in [4.78, 5) is 0. The maximum Gasteiger partial charge on any atom is 0.0478 e. The van der Waals surface area contributed by atoms with Gasteiger partial charge in [0.25, 0.3) is 0 Å². The Labute approximate surface area is 110 Å². The van der Waals surface area contributed by atoms with E-state index in [9.17, 15) is 0 Å². The number of benzene rings is 1. The molecule has 0 spiro atoms. The van der Waals surface area contributed by atoms with Crippen molar-refractivity contribution >= 4 is 5.57 Å². The van der Waals surface area contributed by atoms with Gasteiger partial charge in [-0.3, -0.25) is 0 Å². The van der Waals surface area contributed by atoms with Gasteiger partial charge in [-0.2, -0.15) is 0 Å². The summed E-state index contributed by atoms with van der Waals surface area (Å²) in [6.07, 6.45) is 1.06. The Morgan fingerprint density at radius 1 is 1.22 bits per heavy atom. The molecule has 0 amide bonds. The van der Waals surface area contributed by atoms with Crippen molar-refractivity contribution in [3.05, 3.63) is 65.5 Å². The van der Waals surface area contributed by atoms with Crippen LogP contribution in [-0.4, -0.2) is 4.57 Å². The van der Waals surface area contributed by atoms with Crippen molar-refractivity contribution < 1.29 is 0 Å². The minimum atomic E-state index is 0.925. The molecule has 0 fully saturated rings. The molecule has 1 aromatic carbocycles. The Bertz CT molecular complexity index is 546. The first-order valence-corrected chi connectivity index (χ1v) is 6.52. The summed E-state index contributed by atoms with van der Waals surface area (Å²) in [7, 11) is 0. The minimum Gasteiger partial charge on any atom is -0.341 e. The van der Waals surface area contributed by atoms with Gasteiger partial charge in [0.2, 0.25) is 0 Å². The number of rotatable bonds is 4. The molecule has 1 nitrogen and oxygen atoms in total. The highest BCUT2D eigenvalue weighted by Gasteiger charge is 2.12. The van der Waals surface area contributed by atoms with Crippen LogP contribution in [0.4, 0.5) is 0 Å². The Morgan fingerprint density at radius 3 is 2.44 bits per heavy atom. The fourth-order valence-electron chi connectivity index (χ4n) is 2.49. The second-order valence-corrected chi connectivity index (χ2v) is 4.87. The van der Waals surface area contributed by atoms with Crippen LogP contribution in [-0.2, 0) is 13.0 Å². The highest BCUT2D eigenvalue weighted by molar-refractivity contribution is 5.63. The van der Waals surface area contributed by atoms with E-state index in [0.717, 1.165) is 18.5 Å². The van der Waals surface area contributed by atoms with E-state index in [2.05, 4.69) is 68.3 Å². The molecule has 0 aliphatic carbocycles. The minimum absolute atomic E-state index is 0.925. The topological polar surface area (TPSA) is 4.93 Å². The van der Waals surface area contributed by atoms with Gasteiger partial charge in [0.15, 0.2) is 0 Å². The van der Waals surface area contributed by atoms with Crippen molar-refractivity contribution in [2.75, 3.05) is 0 Å². The van der Waals surface area contributed by atoms with Crippen molar-refractivity contribution in [3.63, 3.8) is 0 Å². The number of nitrogens with zero attached hydrogens (tertiary/aromatic N) is 1. The molecule has 2 rings (SSSR count). The molecule has 1 heterocycles. The third-order valence-electron chi connectivity index (χ3n) is 3.35. The first-order chi connectivity index (χ1) is 8.63. The number of hydrogen-bond donors (Lipinski definition) is 0. The first kappa shape index (κ1) is 12.7. The second kappa shape index (κ2) is 5.26. The van der Waals surface area contributed by atoms with Gasteiger partial charge in [-0.25, -0.2) is 0 Å². The third kappa shape index (κ3) is 2.40. The van der Waals surface area contributed by atoms with Crippen LogP contribution in [0, 0.1) is 6.92 Å². The van der Waals surface area contributed by atoms with E-state index in [0.29, 0.717) is 0 Å². The van der Waals surface area contributed by atoms with Gasteiger partial charge in [0, 0.05) is 17.9 Å². The Morgan fingerprint density at radius 2 is 1.89 bits per heavy atom. The third-order valence-corrected chi connectivity index (χ3v) is 3.35. The molecule has 0 saturated heterocycles. The van der Waals surface area contributed by atoms with Gasteiger partial charge in [-0.1, -0.05) is 43.8 Å². The van der Waals surface area contributed by atoms with E-state index in [1.165, 1.54) is 22.5 Å². The largest absolute Gasteiger partial charge is 0.341 e. The summed E-state index contributed by atoms with van der Waals surface area (Å²) in [6, 6.07) is 12.9. The first-order valence-electron chi connectivity index (χ1n) is 6.52. The van der Waals surface area contributed by atoms with Crippen molar-refractivity contribution in [1.82, 2.24) is 4.57 Å². The van der Waals surface area contributed by atoms with Gasteiger partial charge >= 0.3 is 0 Å². The van der Waals surface area contributed by atoms with Crippen LogP contribution < -0.4 is 0 Å². The zero-order chi connectivity index (χ0) is 13.1. The van der Waals surface area contributed by atoms with Crippen molar-refractivity contribution in [2.24, 2.45) is 0 Å². The van der Waals surface area contributed by atoms with E-state index >= 15 is 0 Å². The number of allylic oxidation sites excluding steroid dienone is 1. The van der Waals surface area contributed by atoms with Crippen LogP contribution in [0.1, 0.15) is 36.4 Å². The lowest BCUT2D eigenvalue weighted by Crippen LogP contribution is -2.05. The van der Waals surface area contributed by atoms with Crippen LogP contribution in [0.5, 0.6) is 0 Å². The zero-order valence-electron chi connectivity index (χ0n) is 11.5. The molecule has 0 bridgehead atoms. The summed E-state index contributed by atoms with van der Waals surface area (Å²) in [5, 5.41) is 0. The predicted molar refractivity (Wildman–Crippen MR) is 78.8 cm³/mol. The summed E-state index contributed by atoms with van der Waals surface area (Å²) >= 11 is 0. The van der Waals surface area contributed by atoms with E-state index in [-0.39, 0.29) is 0 Å². The van der Waals surface area contributed by atoms with E-state index in [1.807, 2.05) is 0 Å². The fraction of sp³-hybridized carbons (Fsp3) is 0.294. The highest BCUT2D eigenvalue weighted by atomic mass is 15.0. The Balaban J connectivity index is 2.44. The standard InChI is InChI=1S/C17H21N/c1-5-16-11-14(4)18(17(16)13(2)3)12-15-9-7-6-8-10-15/h6-11H,2,5,12H2,1,3-4H3. The molecule has 2 aromatic rings. The fourth-order valence-corrected chi connectivity index (χ4v) is 2.49. The molecule has 0 saturated carbocycles. The lowest BCUT2D eigenvalue weighted by Gasteiger charge is -2.13. The Kier molecular flexibility index (Phi) is 3.71.